The third-order valence-electron chi connectivity index (χ3n) is 5.24. The zero-order chi connectivity index (χ0) is 21.3. The number of fused-ring (bicyclic) bond motifs is 1. The lowest BCUT2D eigenvalue weighted by molar-refractivity contribution is 0.00712. The van der Waals surface area contributed by atoms with Gasteiger partial charge in [-0.05, 0) is 43.9 Å². The van der Waals surface area contributed by atoms with Crippen LogP contribution in [0.5, 0.6) is 5.75 Å². The van der Waals surface area contributed by atoms with Gasteiger partial charge in [-0.1, -0.05) is 6.42 Å². The molecule has 158 valence electrons. The Bertz CT molecular complexity index is 1090. The van der Waals surface area contributed by atoms with Gasteiger partial charge >= 0.3 is 5.97 Å². The summed E-state index contributed by atoms with van der Waals surface area (Å²) in [6.07, 6.45) is 3.71. The molecule has 4 rings (SSSR count). The van der Waals surface area contributed by atoms with Crippen molar-refractivity contribution in [2.24, 2.45) is 0 Å². The smallest absolute Gasteiger partial charge is 0.348 e. The van der Waals surface area contributed by atoms with Crippen LogP contribution in [0.4, 0.5) is 15.9 Å². The van der Waals surface area contributed by atoms with Crippen molar-refractivity contribution < 1.29 is 23.8 Å². The average molecular weight is 431 g/mol. The Labute approximate surface area is 176 Å². The van der Waals surface area contributed by atoms with E-state index in [0.717, 1.165) is 12.8 Å². The predicted octanol–water partition coefficient (Wildman–Crippen LogP) is 4.35. The molecule has 1 fully saturated rings. The van der Waals surface area contributed by atoms with Crippen LogP contribution in [0.3, 0.4) is 0 Å². The second-order valence-corrected chi connectivity index (χ2v) is 8.22. The first kappa shape index (κ1) is 20.5. The van der Waals surface area contributed by atoms with Crippen molar-refractivity contribution >= 4 is 39.0 Å². The van der Waals surface area contributed by atoms with Crippen molar-refractivity contribution in [3.05, 3.63) is 40.8 Å². The van der Waals surface area contributed by atoms with Gasteiger partial charge in [0.1, 0.15) is 39.5 Å². The molecule has 3 aromatic rings. The minimum absolute atomic E-state index is 0.300. The number of esters is 1. The molecule has 2 N–H and O–H groups in total. The molecule has 2 aromatic heterocycles. The highest BCUT2D eigenvalue weighted by atomic mass is 32.1. The number of nitrogens with one attached hydrogen (secondary N) is 1. The maximum Gasteiger partial charge on any atom is 0.348 e. The van der Waals surface area contributed by atoms with E-state index in [9.17, 15) is 14.3 Å². The Kier molecular flexibility index (Phi) is 5.83. The highest BCUT2D eigenvalue weighted by Gasteiger charge is 2.26. The first-order chi connectivity index (χ1) is 14.5. The summed E-state index contributed by atoms with van der Waals surface area (Å²) in [5, 5.41) is 14.1. The van der Waals surface area contributed by atoms with Crippen molar-refractivity contribution in [2.45, 2.75) is 44.8 Å². The molecule has 1 aliphatic carbocycles. The Morgan fingerprint density at radius 3 is 2.87 bits per heavy atom. The first-order valence-electron chi connectivity index (χ1n) is 9.71. The molecular formula is C21H22FN3O4S. The minimum atomic E-state index is -0.581. The molecular weight excluding hydrogens is 409 g/mol. The van der Waals surface area contributed by atoms with E-state index in [-0.39, 0.29) is 6.10 Å². The third-order valence-corrected chi connectivity index (χ3v) is 6.42. The number of carbonyl (C=O) groups excluding carboxylic acids is 1. The average Bonchev–Trinajstić information content (AvgIpc) is 3.08. The summed E-state index contributed by atoms with van der Waals surface area (Å²) in [5.74, 6) is -0.0924. The van der Waals surface area contributed by atoms with Gasteiger partial charge in [0.25, 0.3) is 0 Å². The molecule has 7 nitrogen and oxygen atoms in total. The van der Waals surface area contributed by atoms with Crippen LogP contribution >= 0.6 is 11.3 Å². The van der Waals surface area contributed by atoms with Crippen LogP contribution in [0.15, 0.2) is 24.5 Å². The molecule has 0 bridgehead atoms. The highest BCUT2D eigenvalue weighted by molar-refractivity contribution is 7.20. The topological polar surface area (TPSA) is 93.6 Å². The van der Waals surface area contributed by atoms with Gasteiger partial charge in [0.05, 0.1) is 24.3 Å². The number of methoxy groups -OCH3 is 1. The van der Waals surface area contributed by atoms with Gasteiger partial charge in [-0.2, -0.15) is 0 Å². The van der Waals surface area contributed by atoms with Crippen LogP contribution in [-0.4, -0.2) is 40.4 Å². The highest BCUT2D eigenvalue weighted by Crippen LogP contribution is 2.37. The largest absolute Gasteiger partial charge is 0.485 e. The monoisotopic (exact) mass is 431 g/mol. The summed E-state index contributed by atoms with van der Waals surface area (Å²) < 4.78 is 24.8. The van der Waals surface area contributed by atoms with E-state index in [1.54, 1.807) is 13.0 Å². The van der Waals surface area contributed by atoms with Gasteiger partial charge in [0.2, 0.25) is 0 Å². The molecule has 0 spiro atoms. The van der Waals surface area contributed by atoms with Crippen LogP contribution < -0.4 is 10.1 Å². The number of halogens is 1. The number of thiophene rings is 1. The van der Waals surface area contributed by atoms with Gasteiger partial charge in [-0.25, -0.2) is 19.2 Å². The number of hydrogen-bond donors (Lipinski definition) is 2. The number of nitrogens with zero attached hydrogens (tertiary/aromatic N) is 2. The molecule has 2 heterocycles. The quantitative estimate of drug-likeness (QED) is 0.580. The molecule has 0 saturated heterocycles. The Morgan fingerprint density at radius 2 is 2.10 bits per heavy atom. The normalized spacial score (nSPS) is 18.9. The second-order valence-electron chi connectivity index (χ2n) is 7.22. The van der Waals surface area contributed by atoms with Crippen LogP contribution in [0, 0.1) is 12.7 Å². The van der Waals surface area contributed by atoms with Gasteiger partial charge in [0.15, 0.2) is 0 Å². The summed E-state index contributed by atoms with van der Waals surface area (Å²) in [6.45, 7) is 1.81. The molecule has 0 unspecified atom stereocenters. The van der Waals surface area contributed by atoms with Crippen molar-refractivity contribution in [2.75, 3.05) is 12.4 Å². The number of benzene rings is 1. The maximum atomic E-state index is 13.9. The van der Waals surface area contributed by atoms with Gasteiger partial charge in [0, 0.05) is 6.07 Å². The zero-order valence-electron chi connectivity index (χ0n) is 16.6. The van der Waals surface area contributed by atoms with E-state index < -0.39 is 17.9 Å². The SMILES string of the molecule is COC(=O)c1sc2ncnc(Nc3ccc(F)cc3O[C@H]3CCCC[C@@H]3O)c2c1C. The molecule has 1 saturated carbocycles. The Morgan fingerprint density at radius 1 is 1.30 bits per heavy atom. The molecule has 2 atom stereocenters. The van der Waals surface area contributed by atoms with Crippen LogP contribution in [0.25, 0.3) is 10.2 Å². The molecule has 0 radical (unpaired) electrons. The number of aryl methyl sites for hydroxylation is 1. The fraction of sp³-hybridized carbons (Fsp3) is 0.381. The van der Waals surface area contributed by atoms with E-state index in [0.29, 0.717) is 50.8 Å². The standard InChI is InChI=1S/C21H22FN3O4S/c1-11-17-19(23-10-24-20(17)30-18(11)21(27)28-2)25-13-8-7-12(22)9-16(13)29-15-6-4-3-5-14(15)26/h7-10,14-15,26H,3-6H2,1-2H3,(H,23,24,25)/t14-,15-/m0/s1. The van der Waals surface area contributed by atoms with Crippen molar-refractivity contribution in [1.29, 1.82) is 0 Å². The molecule has 30 heavy (non-hydrogen) atoms. The van der Waals surface area contributed by atoms with Gasteiger partial charge in [-0.3, -0.25) is 0 Å². The molecule has 1 aromatic carbocycles. The lowest BCUT2D eigenvalue weighted by Gasteiger charge is -2.29. The third kappa shape index (κ3) is 3.95. The first-order valence-corrected chi connectivity index (χ1v) is 10.5. The lowest BCUT2D eigenvalue weighted by atomic mass is 9.95. The fourth-order valence-corrected chi connectivity index (χ4v) is 4.72. The minimum Gasteiger partial charge on any atom is -0.485 e. The number of carbonyl (C=O) groups is 1. The maximum absolute atomic E-state index is 13.9. The number of anilines is 2. The van der Waals surface area contributed by atoms with Crippen LogP contribution in [-0.2, 0) is 4.74 Å². The number of hydrogen-bond acceptors (Lipinski definition) is 8. The number of aliphatic hydroxyl groups excluding tert-OH is 1. The van der Waals surface area contributed by atoms with Crippen molar-refractivity contribution in [3.63, 3.8) is 0 Å². The zero-order valence-corrected chi connectivity index (χ0v) is 17.5. The van der Waals surface area contributed by atoms with Crippen LogP contribution in [0.1, 0.15) is 40.9 Å². The van der Waals surface area contributed by atoms with Gasteiger partial charge < -0.3 is 19.9 Å². The Hall–Kier alpha value is -2.78. The van der Waals surface area contributed by atoms with E-state index >= 15 is 0 Å². The predicted molar refractivity (Wildman–Crippen MR) is 112 cm³/mol. The summed E-state index contributed by atoms with van der Waals surface area (Å²) in [4.78, 5) is 21.7. The summed E-state index contributed by atoms with van der Waals surface area (Å²) in [7, 11) is 1.33. The Balaban J connectivity index is 1.70. The number of ether oxygens (including phenoxy) is 2. The van der Waals surface area contributed by atoms with E-state index in [1.165, 1.54) is 36.9 Å². The summed E-state index contributed by atoms with van der Waals surface area (Å²) in [5.41, 5.74) is 1.22. The number of aromatic nitrogens is 2. The number of rotatable bonds is 5. The molecule has 0 aliphatic heterocycles. The van der Waals surface area contributed by atoms with Crippen molar-refractivity contribution in [3.8, 4) is 5.75 Å². The van der Waals surface area contributed by atoms with E-state index in [4.69, 9.17) is 9.47 Å². The van der Waals surface area contributed by atoms with Crippen LogP contribution in [0.2, 0.25) is 0 Å². The summed E-state index contributed by atoms with van der Waals surface area (Å²) >= 11 is 1.23. The van der Waals surface area contributed by atoms with Crippen molar-refractivity contribution in [1.82, 2.24) is 9.97 Å². The van der Waals surface area contributed by atoms with Gasteiger partial charge in [-0.15, -0.1) is 11.3 Å². The molecule has 1 aliphatic rings. The number of aliphatic hydroxyl groups is 1. The second kappa shape index (κ2) is 8.53. The van der Waals surface area contributed by atoms with E-state index in [1.807, 2.05) is 0 Å². The molecule has 0 amide bonds. The molecule has 9 heteroatoms. The van der Waals surface area contributed by atoms with E-state index in [2.05, 4.69) is 15.3 Å². The lowest BCUT2D eigenvalue weighted by Crippen LogP contribution is -2.34. The fourth-order valence-electron chi connectivity index (χ4n) is 3.66. The summed E-state index contributed by atoms with van der Waals surface area (Å²) in [6, 6.07) is 4.18.